The van der Waals surface area contributed by atoms with Crippen LogP contribution in [0.5, 0.6) is 0 Å². The van der Waals surface area contributed by atoms with E-state index in [1.165, 1.54) is 0 Å². The number of anilines is 2. The van der Waals surface area contributed by atoms with E-state index in [1.54, 1.807) is 6.20 Å². The zero-order valence-electron chi connectivity index (χ0n) is 13.0. The standard InChI is InChI=1S/C17H18BrN5/c1-12-6-7-20-17(21-12)22-14-3-2-8-23(11-14)15-5-4-13(10-19)16(18)9-15/h4-7,9,14H,2-3,8,11H2,1H3,(H,20,21,22). The first-order valence-electron chi connectivity index (χ1n) is 7.66. The summed E-state index contributed by atoms with van der Waals surface area (Å²) in [7, 11) is 0. The molecule has 0 amide bonds. The molecule has 1 unspecified atom stereocenters. The van der Waals surface area contributed by atoms with Crippen molar-refractivity contribution < 1.29 is 0 Å². The summed E-state index contributed by atoms with van der Waals surface area (Å²) in [6.45, 7) is 3.88. The number of aryl methyl sites for hydroxylation is 1. The summed E-state index contributed by atoms with van der Waals surface area (Å²) >= 11 is 3.47. The second-order valence-corrected chi connectivity index (χ2v) is 6.58. The number of nitrogens with one attached hydrogen (secondary N) is 1. The van der Waals surface area contributed by atoms with Gasteiger partial charge in [0.2, 0.25) is 5.95 Å². The first-order valence-corrected chi connectivity index (χ1v) is 8.46. The Labute approximate surface area is 144 Å². The molecule has 118 valence electrons. The van der Waals surface area contributed by atoms with Crippen LogP contribution >= 0.6 is 15.9 Å². The number of benzene rings is 1. The molecule has 0 bridgehead atoms. The lowest BCUT2D eigenvalue weighted by Gasteiger charge is -2.35. The van der Waals surface area contributed by atoms with E-state index in [4.69, 9.17) is 5.26 Å². The van der Waals surface area contributed by atoms with Gasteiger partial charge in [-0.3, -0.25) is 0 Å². The summed E-state index contributed by atoms with van der Waals surface area (Å²) in [4.78, 5) is 11.0. The zero-order chi connectivity index (χ0) is 16.2. The molecule has 0 aliphatic carbocycles. The Kier molecular flexibility index (Phi) is 4.77. The predicted octanol–water partition coefficient (Wildman–Crippen LogP) is 3.50. The predicted molar refractivity (Wildman–Crippen MR) is 94.5 cm³/mol. The highest BCUT2D eigenvalue weighted by Gasteiger charge is 2.21. The average Bonchev–Trinajstić information content (AvgIpc) is 2.55. The molecule has 2 heterocycles. The van der Waals surface area contributed by atoms with Gasteiger partial charge in [-0.05, 0) is 60.0 Å². The molecule has 1 atom stereocenters. The molecular formula is C17H18BrN5. The molecular weight excluding hydrogens is 354 g/mol. The van der Waals surface area contributed by atoms with Crippen molar-refractivity contribution in [2.24, 2.45) is 0 Å². The molecule has 1 aromatic carbocycles. The maximum atomic E-state index is 9.03. The van der Waals surface area contributed by atoms with Crippen molar-refractivity contribution in [1.82, 2.24) is 9.97 Å². The van der Waals surface area contributed by atoms with Crippen molar-refractivity contribution in [2.75, 3.05) is 23.3 Å². The van der Waals surface area contributed by atoms with E-state index >= 15 is 0 Å². The Bertz CT molecular complexity index is 740. The third kappa shape index (κ3) is 3.80. The largest absolute Gasteiger partial charge is 0.369 e. The van der Waals surface area contributed by atoms with Gasteiger partial charge in [-0.1, -0.05) is 0 Å². The van der Waals surface area contributed by atoms with Gasteiger partial charge in [0.15, 0.2) is 0 Å². The van der Waals surface area contributed by atoms with E-state index in [0.29, 0.717) is 17.6 Å². The van der Waals surface area contributed by atoms with Crippen LogP contribution in [0.15, 0.2) is 34.9 Å². The Balaban J connectivity index is 1.71. The molecule has 0 radical (unpaired) electrons. The summed E-state index contributed by atoms with van der Waals surface area (Å²) in [6, 6.07) is 10.3. The van der Waals surface area contributed by atoms with Gasteiger partial charge in [0.05, 0.1) is 5.56 Å². The third-order valence-corrected chi connectivity index (χ3v) is 4.64. The fraction of sp³-hybridized carbons (Fsp3) is 0.353. The Morgan fingerprint density at radius 3 is 3.00 bits per heavy atom. The van der Waals surface area contributed by atoms with E-state index < -0.39 is 0 Å². The molecule has 6 heteroatoms. The second-order valence-electron chi connectivity index (χ2n) is 5.73. The van der Waals surface area contributed by atoms with Crippen molar-refractivity contribution in [2.45, 2.75) is 25.8 Å². The molecule has 2 aromatic rings. The summed E-state index contributed by atoms with van der Waals surface area (Å²) in [6.07, 6.45) is 4.00. The number of nitrogens with zero attached hydrogens (tertiary/aromatic N) is 4. The molecule has 23 heavy (non-hydrogen) atoms. The normalized spacial score (nSPS) is 17.6. The van der Waals surface area contributed by atoms with Gasteiger partial charge in [0, 0.05) is 41.2 Å². The number of aromatic nitrogens is 2. The minimum atomic E-state index is 0.319. The number of nitriles is 1. The highest BCUT2D eigenvalue weighted by Crippen LogP contribution is 2.26. The van der Waals surface area contributed by atoms with Gasteiger partial charge in [0.25, 0.3) is 0 Å². The van der Waals surface area contributed by atoms with Gasteiger partial charge < -0.3 is 10.2 Å². The third-order valence-electron chi connectivity index (χ3n) is 3.99. The van der Waals surface area contributed by atoms with E-state index in [1.807, 2.05) is 31.2 Å². The van der Waals surface area contributed by atoms with Crippen molar-refractivity contribution in [3.8, 4) is 6.07 Å². The summed E-state index contributed by atoms with van der Waals surface area (Å²) < 4.78 is 0.842. The Morgan fingerprint density at radius 1 is 1.39 bits per heavy atom. The molecule has 1 saturated heterocycles. The lowest BCUT2D eigenvalue weighted by molar-refractivity contribution is 0.527. The minimum absolute atomic E-state index is 0.319. The molecule has 1 aromatic heterocycles. The molecule has 0 saturated carbocycles. The van der Waals surface area contributed by atoms with E-state index in [-0.39, 0.29) is 0 Å². The summed E-state index contributed by atoms with van der Waals surface area (Å²) in [5.41, 5.74) is 2.76. The maximum absolute atomic E-state index is 9.03. The molecule has 0 spiro atoms. The summed E-state index contributed by atoms with van der Waals surface area (Å²) in [5.74, 6) is 0.692. The van der Waals surface area contributed by atoms with Gasteiger partial charge in [-0.15, -0.1) is 0 Å². The fourth-order valence-electron chi connectivity index (χ4n) is 2.82. The lowest BCUT2D eigenvalue weighted by atomic mass is 10.0. The molecule has 1 N–H and O–H groups in total. The SMILES string of the molecule is Cc1ccnc(NC2CCCN(c3ccc(C#N)c(Br)c3)C2)n1. The van der Waals surface area contributed by atoms with Crippen LogP contribution in [0.2, 0.25) is 0 Å². The Hall–Kier alpha value is -2.13. The molecule has 1 aliphatic heterocycles. The number of halogens is 1. The van der Waals surface area contributed by atoms with Crippen LogP contribution in [0.3, 0.4) is 0 Å². The number of hydrogen-bond donors (Lipinski definition) is 1. The van der Waals surface area contributed by atoms with E-state index in [0.717, 1.165) is 41.8 Å². The number of hydrogen-bond acceptors (Lipinski definition) is 5. The molecule has 1 fully saturated rings. The first-order chi connectivity index (χ1) is 11.2. The van der Waals surface area contributed by atoms with Crippen LogP contribution < -0.4 is 10.2 Å². The minimum Gasteiger partial charge on any atom is -0.369 e. The quantitative estimate of drug-likeness (QED) is 0.894. The van der Waals surface area contributed by atoms with Crippen LogP contribution in [0.4, 0.5) is 11.6 Å². The van der Waals surface area contributed by atoms with Crippen molar-refractivity contribution in [3.05, 3.63) is 46.2 Å². The van der Waals surface area contributed by atoms with E-state index in [2.05, 4.69) is 42.2 Å². The molecule has 1 aliphatic rings. The van der Waals surface area contributed by atoms with Crippen molar-refractivity contribution in [3.63, 3.8) is 0 Å². The van der Waals surface area contributed by atoms with Gasteiger partial charge in [0.1, 0.15) is 6.07 Å². The van der Waals surface area contributed by atoms with Crippen LogP contribution in [-0.4, -0.2) is 29.1 Å². The van der Waals surface area contributed by atoms with Gasteiger partial charge >= 0.3 is 0 Å². The molecule has 3 rings (SSSR count). The van der Waals surface area contributed by atoms with Crippen LogP contribution in [0.1, 0.15) is 24.1 Å². The molecule has 5 nitrogen and oxygen atoms in total. The average molecular weight is 372 g/mol. The van der Waals surface area contributed by atoms with Crippen LogP contribution in [0, 0.1) is 18.3 Å². The zero-order valence-corrected chi connectivity index (χ0v) is 14.5. The maximum Gasteiger partial charge on any atom is 0.223 e. The van der Waals surface area contributed by atoms with Crippen LogP contribution in [-0.2, 0) is 0 Å². The monoisotopic (exact) mass is 371 g/mol. The second kappa shape index (κ2) is 6.97. The highest BCUT2D eigenvalue weighted by molar-refractivity contribution is 9.10. The smallest absolute Gasteiger partial charge is 0.223 e. The Morgan fingerprint density at radius 2 is 2.26 bits per heavy atom. The van der Waals surface area contributed by atoms with E-state index in [9.17, 15) is 0 Å². The van der Waals surface area contributed by atoms with Crippen molar-refractivity contribution >= 4 is 27.6 Å². The fourth-order valence-corrected chi connectivity index (χ4v) is 3.28. The topological polar surface area (TPSA) is 64.8 Å². The lowest BCUT2D eigenvalue weighted by Crippen LogP contribution is -2.42. The number of rotatable bonds is 3. The van der Waals surface area contributed by atoms with Crippen molar-refractivity contribution in [1.29, 1.82) is 5.26 Å². The van der Waals surface area contributed by atoms with Gasteiger partial charge in [-0.25, -0.2) is 9.97 Å². The highest BCUT2D eigenvalue weighted by atomic mass is 79.9. The summed E-state index contributed by atoms with van der Waals surface area (Å²) in [5, 5.41) is 12.5. The number of piperidine rings is 1. The van der Waals surface area contributed by atoms with Crippen LogP contribution in [0.25, 0.3) is 0 Å². The van der Waals surface area contributed by atoms with Gasteiger partial charge in [-0.2, -0.15) is 5.26 Å². The first kappa shape index (κ1) is 15.8.